The van der Waals surface area contributed by atoms with Gasteiger partial charge in [0, 0.05) is 38.9 Å². The highest BCUT2D eigenvalue weighted by atomic mass is 16.5. The van der Waals surface area contributed by atoms with Crippen LogP contribution in [0, 0.1) is 0 Å². The molecule has 0 spiro atoms. The van der Waals surface area contributed by atoms with E-state index in [0.717, 1.165) is 31.9 Å². The quantitative estimate of drug-likeness (QED) is 0.801. The van der Waals surface area contributed by atoms with Crippen LogP contribution in [0.2, 0.25) is 0 Å². The van der Waals surface area contributed by atoms with Gasteiger partial charge in [-0.15, -0.1) is 5.10 Å². The molecule has 1 aromatic heterocycles. The van der Waals surface area contributed by atoms with Crippen LogP contribution in [-0.2, 0) is 18.3 Å². The molecule has 2 atom stereocenters. The second kappa shape index (κ2) is 5.34. The smallest absolute Gasteiger partial charge is 0.0964 e. The van der Waals surface area contributed by atoms with Crippen molar-refractivity contribution in [1.82, 2.24) is 25.2 Å². The monoisotopic (exact) mass is 251 g/mol. The molecule has 2 unspecified atom stereocenters. The topological polar surface area (TPSA) is 55.2 Å². The van der Waals surface area contributed by atoms with Crippen LogP contribution >= 0.6 is 0 Å². The summed E-state index contributed by atoms with van der Waals surface area (Å²) in [4.78, 5) is 2.57. The minimum atomic E-state index is 0.316. The summed E-state index contributed by atoms with van der Waals surface area (Å²) in [5, 5.41) is 11.4. The molecule has 0 saturated carbocycles. The predicted molar refractivity (Wildman–Crippen MR) is 67.0 cm³/mol. The highest BCUT2D eigenvalue weighted by Crippen LogP contribution is 2.22. The Morgan fingerprint density at radius 3 is 3.33 bits per heavy atom. The second-order valence-electron chi connectivity index (χ2n) is 5.26. The van der Waals surface area contributed by atoms with Crippen LogP contribution in [0.1, 0.15) is 18.5 Å². The zero-order chi connectivity index (χ0) is 12.4. The number of aryl methyl sites for hydroxylation is 1. The Kier molecular flexibility index (Phi) is 3.58. The average molecular weight is 251 g/mol. The molecule has 2 aliphatic heterocycles. The van der Waals surface area contributed by atoms with E-state index in [0.29, 0.717) is 12.1 Å². The van der Waals surface area contributed by atoms with Gasteiger partial charge < -0.3 is 10.1 Å². The third-order valence-corrected chi connectivity index (χ3v) is 3.79. The van der Waals surface area contributed by atoms with Crippen molar-refractivity contribution in [3.05, 3.63) is 11.9 Å². The Hall–Kier alpha value is -0.980. The molecule has 0 bridgehead atoms. The lowest BCUT2D eigenvalue weighted by atomic mass is 10.2. The minimum absolute atomic E-state index is 0.316. The fraction of sp³-hybridized carbons (Fsp3) is 0.833. The van der Waals surface area contributed by atoms with Gasteiger partial charge >= 0.3 is 0 Å². The molecule has 1 aromatic rings. The maximum absolute atomic E-state index is 5.89. The number of aromatic nitrogens is 3. The number of hydrogen-bond donors (Lipinski definition) is 1. The number of nitrogens with zero attached hydrogens (tertiary/aromatic N) is 4. The molecule has 2 saturated heterocycles. The van der Waals surface area contributed by atoms with Gasteiger partial charge in [0.25, 0.3) is 0 Å². The number of morpholine rings is 1. The molecule has 3 heterocycles. The Balaban J connectivity index is 1.41. The van der Waals surface area contributed by atoms with Crippen molar-refractivity contribution in [3.8, 4) is 0 Å². The first kappa shape index (κ1) is 12.1. The zero-order valence-corrected chi connectivity index (χ0v) is 10.9. The number of hydrogen-bond acceptors (Lipinski definition) is 5. The third-order valence-electron chi connectivity index (χ3n) is 3.79. The van der Waals surface area contributed by atoms with Crippen molar-refractivity contribution in [1.29, 1.82) is 0 Å². The fourth-order valence-corrected chi connectivity index (χ4v) is 2.85. The number of ether oxygens (including phenoxy) is 1. The Morgan fingerprint density at radius 1 is 1.56 bits per heavy atom. The average Bonchev–Trinajstić information content (AvgIpc) is 2.97. The van der Waals surface area contributed by atoms with Gasteiger partial charge in [0.15, 0.2) is 0 Å². The largest absolute Gasteiger partial charge is 0.374 e. The molecule has 0 aliphatic carbocycles. The lowest BCUT2D eigenvalue weighted by Gasteiger charge is -2.35. The lowest BCUT2D eigenvalue weighted by molar-refractivity contribution is -0.0470. The van der Waals surface area contributed by atoms with Gasteiger partial charge in [0.05, 0.1) is 18.4 Å². The first-order chi connectivity index (χ1) is 8.81. The summed E-state index contributed by atoms with van der Waals surface area (Å²) in [7, 11) is 1.88. The standard InChI is InChI=1S/C12H21N5O/c1-16-7-10(14-15-16)5-13-6-12-8-17-4-2-3-11(17)9-18-12/h7,11-13H,2-6,8-9H2,1H3. The van der Waals surface area contributed by atoms with Crippen molar-refractivity contribution in [2.24, 2.45) is 7.05 Å². The highest BCUT2D eigenvalue weighted by molar-refractivity contribution is 4.91. The summed E-state index contributed by atoms with van der Waals surface area (Å²) < 4.78 is 7.61. The zero-order valence-electron chi connectivity index (χ0n) is 10.9. The summed E-state index contributed by atoms with van der Waals surface area (Å²) in [6, 6.07) is 0.682. The maximum atomic E-state index is 5.89. The molecule has 3 rings (SSSR count). The van der Waals surface area contributed by atoms with Crippen molar-refractivity contribution < 1.29 is 4.74 Å². The van der Waals surface area contributed by atoms with E-state index in [-0.39, 0.29) is 0 Å². The van der Waals surface area contributed by atoms with Gasteiger partial charge in [-0.1, -0.05) is 5.21 Å². The van der Waals surface area contributed by atoms with E-state index in [4.69, 9.17) is 4.74 Å². The molecule has 100 valence electrons. The van der Waals surface area contributed by atoms with E-state index in [1.807, 2.05) is 13.2 Å². The van der Waals surface area contributed by atoms with Crippen molar-refractivity contribution in [2.75, 3.05) is 26.2 Å². The summed E-state index contributed by atoms with van der Waals surface area (Å²) in [6.45, 7) is 4.86. The molecule has 2 fully saturated rings. The summed E-state index contributed by atoms with van der Waals surface area (Å²) in [5.74, 6) is 0. The number of nitrogens with one attached hydrogen (secondary N) is 1. The normalized spacial score (nSPS) is 28.5. The van der Waals surface area contributed by atoms with Gasteiger partial charge in [-0.2, -0.15) is 0 Å². The third kappa shape index (κ3) is 2.71. The van der Waals surface area contributed by atoms with Gasteiger partial charge in [0.1, 0.15) is 0 Å². The van der Waals surface area contributed by atoms with Crippen LogP contribution in [0.15, 0.2) is 6.20 Å². The first-order valence-corrected chi connectivity index (χ1v) is 6.73. The van der Waals surface area contributed by atoms with Crippen molar-refractivity contribution >= 4 is 0 Å². The van der Waals surface area contributed by atoms with Crippen LogP contribution in [-0.4, -0.2) is 58.3 Å². The van der Waals surface area contributed by atoms with E-state index in [1.54, 1.807) is 4.68 Å². The summed E-state index contributed by atoms with van der Waals surface area (Å²) >= 11 is 0. The van der Waals surface area contributed by atoms with Crippen molar-refractivity contribution in [2.45, 2.75) is 31.5 Å². The number of fused-ring (bicyclic) bond motifs is 1. The Morgan fingerprint density at radius 2 is 2.50 bits per heavy atom. The molecule has 0 amide bonds. The van der Waals surface area contributed by atoms with Gasteiger partial charge in [0.2, 0.25) is 0 Å². The molecular formula is C12H21N5O. The molecule has 0 radical (unpaired) electrons. The Labute approximate surface area is 107 Å². The Bertz CT molecular complexity index is 394. The van der Waals surface area contributed by atoms with Crippen LogP contribution in [0.25, 0.3) is 0 Å². The predicted octanol–water partition coefficient (Wildman–Crippen LogP) is -0.232. The summed E-state index contributed by atoms with van der Waals surface area (Å²) in [5.41, 5.74) is 0.979. The van der Waals surface area contributed by atoms with Crippen molar-refractivity contribution in [3.63, 3.8) is 0 Å². The van der Waals surface area contributed by atoms with E-state index in [9.17, 15) is 0 Å². The molecule has 6 heteroatoms. The number of rotatable bonds is 4. The minimum Gasteiger partial charge on any atom is -0.374 e. The molecule has 2 aliphatic rings. The molecule has 1 N–H and O–H groups in total. The summed E-state index contributed by atoms with van der Waals surface area (Å²) in [6.07, 6.45) is 4.88. The van der Waals surface area contributed by atoms with Crippen LogP contribution < -0.4 is 5.32 Å². The fourth-order valence-electron chi connectivity index (χ4n) is 2.85. The molecule has 18 heavy (non-hydrogen) atoms. The van der Waals surface area contributed by atoms with E-state index in [1.165, 1.54) is 19.4 Å². The van der Waals surface area contributed by atoms with Crippen LogP contribution in [0.3, 0.4) is 0 Å². The van der Waals surface area contributed by atoms with Crippen LogP contribution in [0.4, 0.5) is 0 Å². The molecule has 0 aromatic carbocycles. The van der Waals surface area contributed by atoms with Gasteiger partial charge in [-0.25, -0.2) is 0 Å². The van der Waals surface area contributed by atoms with Gasteiger partial charge in [-0.3, -0.25) is 9.58 Å². The SMILES string of the molecule is Cn1cc(CNCC2CN3CCCC3CO2)nn1. The van der Waals surface area contributed by atoms with E-state index in [2.05, 4.69) is 20.5 Å². The highest BCUT2D eigenvalue weighted by Gasteiger charge is 2.31. The van der Waals surface area contributed by atoms with Crippen LogP contribution in [0.5, 0.6) is 0 Å². The second-order valence-corrected chi connectivity index (χ2v) is 5.26. The lowest BCUT2D eigenvalue weighted by Crippen LogP contribution is -2.49. The molecule has 6 nitrogen and oxygen atoms in total. The first-order valence-electron chi connectivity index (χ1n) is 6.73. The molecular weight excluding hydrogens is 230 g/mol. The van der Waals surface area contributed by atoms with E-state index < -0.39 is 0 Å². The maximum Gasteiger partial charge on any atom is 0.0964 e. The van der Waals surface area contributed by atoms with E-state index >= 15 is 0 Å². The van der Waals surface area contributed by atoms with Gasteiger partial charge in [-0.05, 0) is 19.4 Å².